The molecule has 0 spiro atoms. The van der Waals surface area contributed by atoms with E-state index in [0.29, 0.717) is 5.15 Å². The molecule has 1 saturated carbocycles. The summed E-state index contributed by atoms with van der Waals surface area (Å²) < 4.78 is 0. The highest BCUT2D eigenvalue weighted by molar-refractivity contribution is 6.29. The Labute approximate surface area is 83.1 Å². The third-order valence-corrected chi connectivity index (χ3v) is 2.82. The summed E-state index contributed by atoms with van der Waals surface area (Å²) >= 11 is 5.68. The number of rotatable bonds is 3. The van der Waals surface area contributed by atoms with E-state index in [4.69, 9.17) is 17.3 Å². The fraction of sp³-hybridized carbons (Fsp3) is 0.500. The lowest BCUT2D eigenvalue weighted by atomic mass is 10.1. The minimum Gasteiger partial charge on any atom is -0.325 e. The molecule has 13 heavy (non-hydrogen) atoms. The molecule has 2 rings (SSSR count). The van der Waals surface area contributed by atoms with Gasteiger partial charge in [-0.25, -0.2) is 4.98 Å². The van der Waals surface area contributed by atoms with E-state index in [1.165, 1.54) is 18.4 Å². The normalized spacial score (nSPS) is 18.6. The van der Waals surface area contributed by atoms with Crippen molar-refractivity contribution in [3.8, 4) is 0 Å². The summed E-state index contributed by atoms with van der Waals surface area (Å²) in [6, 6.07) is 3.84. The molecule has 0 aromatic carbocycles. The molecular formula is C10H13ClN2. The topological polar surface area (TPSA) is 38.9 Å². The van der Waals surface area contributed by atoms with Crippen LogP contribution >= 0.6 is 11.6 Å². The van der Waals surface area contributed by atoms with Gasteiger partial charge in [0.1, 0.15) is 5.15 Å². The van der Waals surface area contributed by atoms with Crippen molar-refractivity contribution in [2.75, 3.05) is 0 Å². The van der Waals surface area contributed by atoms with Gasteiger partial charge in [-0.3, -0.25) is 0 Å². The second kappa shape index (κ2) is 3.28. The molecule has 0 amide bonds. The van der Waals surface area contributed by atoms with Gasteiger partial charge < -0.3 is 5.73 Å². The third kappa shape index (κ3) is 2.42. The van der Waals surface area contributed by atoms with E-state index in [2.05, 4.69) is 4.98 Å². The van der Waals surface area contributed by atoms with Crippen LogP contribution in [-0.4, -0.2) is 10.5 Å². The Kier molecular flexibility index (Phi) is 2.26. The summed E-state index contributed by atoms with van der Waals surface area (Å²) in [4.78, 5) is 4.02. The van der Waals surface area contributed by atoms with Crippen LogP contribution in [0.1, 0.15) is 24.8 Å². The lowest BCUT2D eigenvalue weighted by molar-refractivity contribution is 0.608. The van der Waals surface area contributed by atoms with Gasteiger partial charge in [0.25, 0.3) is 0 Å². The van der Waals surface area contributed by atoms with Crippen LogP contribution < -0.4 is 5.73 Å². The number of halogens is 1. The van der Waals surface area contributed by atoms with Crippen LogP contribution in [0.3, 0.4) is 0 Å². The summed E-state index contributed by atoms with van der Waals surface area (Å²) in [5, 5.41) is 0.553. The van der Waals surface area contributed by atoms with Crippen LogP contribution in [0.2, 0.25) is 5.15 Å². The van der Waals surface area contributed by atoms with Crippen molar-refractivity contribution < 1.29 is 0 Å². The van der Waals surface area contributed by atoms with Gasteiger partial charge in [0.15, 0.2) is 0 Å². The van der Waals surface area contributed by atoms with Crippen LogP contribution in [0.4, 0.5) is 0 Å². The monoisotopic (exact) mass is 196 g/mol. The molecule has 0 unspecified atom stereocenters. The molecular weight excluding hydrogens is 184 g/mol. The zero-order chi connectivity index (χ0) is 9.31. The molecule has 0 saturated heterocycles. The largest absolute Gasteiger partial charge is 0.325 e. The number of hydrogen-bond donors (Lipinski definition) is 1. The standard InChI is InChI=1S/C10H13ClN2/c11-9-2-1-8(7-13-9)3-4-10(12)5-6-10/h1-2,7H,3-6,12H2. The minimum absolute atomic E-state index is 0.139. The molecule has 2 nitrogen and oxygen atoms in total. The van der Waals surface area contributed by atoms with Crippen molar-refractivity contribution in [3.63, 3.8) is 0 Å². The highest BCUT2D eigenvalue weighted by atomic mass is 35.5. The second-order valence-electron chi connectivity index (χ2n) is 3.85. The Hall–Kier alpha value is -0.600. The maximum atomic E-state index is 5.98. The predicted octanol–water partition coefficient (Wildman–Crippen LogP) is 2.16. The Bertz CT molecular complexity index is 290. The van der Waals surface area contributed by atoms with Crippen molar-refractivity contribution in [1.29, 1.82) is 0 Å². The highest BCUT2D eigenvalue weighted by Crippen LogP contribution is 2.36. The molecule has 2 N–H and O–H groups in total. The second-order valence-corrected chi connectivity index (χ2v) is 4.24. The van der Waals surface area contributed by atoms with Gasteiger partial charge in [0.2, 0.25) is 0 Å². The molecule has 1 heterocycles. The predicted molar refractivity (Wildman–Crippen MR) is 53.7 cm³/mol. The number of nitrogens with zero attached hydrogens (tertiary/aromatic N) is 1. The van der Waals surface area contributed by atoms with E-state index in [0.717, 1.165) is 12.8 Å². The molecule has 70 valence electrons. The van der Waals surface area contributed by atoms with Gasteiger partial charge in [-0.1, -0.05) is 17.7 Å². The van der Waals surface area contributed by atoms with Gasteiger partial charge >= 0.3 is 0 Å². The minimum atomic E-state index is 0.139. The molecule has 1 aliphatic rings. The van der Waals surface area contributed by atoms with Crippen molar-refractivity contribution in [1.82, 2.24) is 4.98 Å². The molecule has 1 fully saturated rings. The first kappa shape index (κ1) is 8.97. The van der Waals surface area contributed by atoms with Crippen LogP contribution in [0.5, 0.6) is 0 Å². The molecule has 1 aliphatic carbocycles. The van der Waals surface area contributed by atoms with E-state index >= 15 is 0 Å². The van der Waals surface area contributed by atoms with Gasteiger partial charge in [-0.05, 0) is 37.3 Å². The fourth-order valence-corrected chi connectivity index (χ4v) is 1.47. The lowest BCUT2D eigenvalue weighted by Gasteiger charge is -2.07. The maximum Gasteiger partial charge on any atom is 0.129 e. The smallest absolute Gasteiger partial charge is 0.129 e. The zero-order valence-corrected chi connectivity index (χ0v) is 8.22. The molecule has 3 heteroatoms. The third-order valence-electron chi connectivity index (χ3n) is 2.59. The Balaban J connectivity index is 1.91. The molecule has 1 aromatic rings. The number of hydrogen-bond acceptors (Lipinski definition) is 2. The van der Waals surface area contributed by atoms with E-state index in [-0.39, 0.29) is 5.54 Å². The van der Waals surface area contributed by atoms with Crippen molar-refractivity contribution in [2.45, 2.75) is 31.2 Å². The maximum absolute atomic E-state index is 5.98. The molecule has 0 bridgehead atoms. The van der Waals surface area contributed by atoms with Gasteiger partial charge in [-0.15, -0.1) is 0 Å². The van der Waals surface area contributed by atoms with Crippen molar-refractivity contribution in [3.05, 3.63) is 29.0 Å². The van der Waals surface area contributed by atoms with Crippen LogP contribution in [0.15, 0.2) is 18.3 Å². The first-order valence-electron chi connectivity index (χ1n) is 4.57. The van der Waals surface area contributed by atoms with E-state index < -0.39 is 0 Å². The molecule has 0 radical (unpaired) electrons. The van der Waals surface area contributed by atoms with Gasteiger partial charge in [-0.2, -0.15) is 0 Å². The fourth-order valence-electron chi connectivity index (χ4n) is 1.36. The van der Waals surface area contributed by atoms with Crippen molar-refractivity contribution >= 4 is 11.6 Å². The first-order valence-corrected chi connectivity index (χ1v) is 4.95. The van der Waals surface area contributed by atoms with Crippen LogP contribution in [0, 0.1) is 0 Å². The summed E-state index contributed by atoms with van der Waals surface area (Å²) in [5.74, 6) is 0. The molecule has 0 atom stereocenters. The number of aryl methyl sites for hydroxylation is 1. The van der Waals surface area contributed by atoms with E-state index in [1.54, 1.807) is 0 Å². The average molecular weight is 197 g/mol. The number of aromatic nitrogens is 1. The van der Waals surface area contributed by atoms with Gasteiger partial charge in [0, 0.05) is 11.7 Å². The Morgan fingerprint density at radius 2 is 2.23 bits per heavy atom. The highest BCUT2D eigenvalue weighted by Gasteiger charge is 2.37. The summed E-state index contributed by atoms with van der Waals surface area (Å²) in [6.45, 7) is 0. The van der Waals surface area contributed by atoms with E-state index in [1.807, 2.05) is 18.3 Å². The first-order chi connectivity index (χ1) is 6.18. The van der Waals surface area contributed by atoms with Crippen LogP contribution in [-0.2, 0) is 6.42 Å². The van der Waals surface area contributed by atoms with Crippen LogP contribution in [0.25, 0.3) is 0 Å². The average Bonchev–Trinajstić information content (AvgIpc) is 2.84. The SMILES string of the molecule is NC1(CCc2ccc(Cl)nc2)CC1. The van der Waals surface area contributed by atoms with E-state index in [9.17, 15) is 0 Å². The summed E-state index contributed by atoms with van der Waals surface area (Å²) in [7, 11) is 0. The van der Waals surface area contributed by atoms with Crippen molar-refractivity contribution in [2.24, 2.45) is 5.73 Å². The summed E-state index contributed by atoms with van der Waals surface area (Å²) in [5.41, 5.74) is 7.34. The summed E-state index contributed by atoms with van der Waals surface area (Å²) in [6.07, 6.45) is 6.26. The zero-order valence-electron chi connectivity index (χ0n) is 7.46. The molecule has 1 aromatic heterocycles. The van der Waals surface area contributed by atoms with Gasteiger partial charge in [0.05, 0.1) is 0 Å². The lowest BCUT2D eigenvalue weighted by Crippen LogP contribution is -2.22. The number of nitrogens with two attached hydrogens (primary N) is 1. The Morgan fingerprint density at radius 3 is 2.77 bits per heavy atom. The number of pyridine rings is 1. The molecule has 0 aliphatic heterocycles. The quantitative estimate of drug-likeness (QED) is 0.753. The Morgan fingerprint density at radius 1 is 1.46 bits per heavy atom.